The predicted molar refractivity (Wildman–Crippen MR) is 99.1 cm³/mol. The Morgan fingerprint density at radius 2 is 2.15 bits per heavy atom. The van der Waals surface area contributed by atoms with E-state index in [0.29, 0.717) is 43.0 Å². The molecule has 140 valence electrons. The smallest absolute Gasteiger partial charge is 0.270 e. The third-order valence-corrected chi connectivity index (χ3v) is 5.11. The SMILES string of the molecule is O=c1[nH]ccnc1CN1CCC(CC(O)CC2=C(F)CC=CC=C2)CC1. The van der Waals surface area contributed by atoms with Gasteiger partial charge in [0, 0.05) is 31.8 Å². The Morgan fingerprint density at radius 3 is 2.92 bits per heavy atom. The Morgan fingerprint density at radius 1 is 1.35 bits per heavy atom. The molecular formula is C20H26FN3O2. The lowest BCUT2D eigenvalue weighted by Gasteiger charge is -2.32. The lowest BCUT2D eigenvalue weighted by molar-refractivity contribution is 0.105. The minimum atomic E-state index is -0.520. The summed E-state index contributed by atoms with van der Waals surface area (Å²) in [7, 11) is 0. The molecule has 0 radical (unpaired) electrons. The third kappa shape index (κ3) is 5.22. The quantitative estimate of drug-likeness (QED) is 0.819. The van der Waals surface area contributed by atoms with Crippen LogP contribution in [0.5, 0.6) is 0 Å². The number of hydrogen-bond acceptors (Lipinski definition) is 4. The molecule has 0 spiro atoms. The van der Waals surface area contributed by atoms with E-state index in [0.717, 1.165) is 25.9 Å². The molecule has 2 aliphatic rings. The van der Waals surface area contributed by atoms with E-state index in [9.17, 15) is 14.3 Å². The van der Waals surface area contributed by atoms with Crippen molar-refractivity contribution in [3.05, 3.63) is 64.1 Å². The van der Waals surface area contributed by atoms with Gasteiger partial charge in [0.05, 0.1) is 6.10 Å². The maximum absolute atomic E-state index is 14.0. The van der Waals surface area contributed by atoms with Crippen LogP contribution in [0.15, 0.2) is 52.9 Å². The van der Waals surface area contributed by atoms with Gasteiger partial charge >= 0.3 is 0 Å². The molecule has 1 aromatic rings. The highest BCUT2D eigenvalue weighted by molar-refractivity contribution is 5.29. The summed E-state index contributed by atoms with van der Waals surface area (Å²) in [5.74, 6) is 0.282. The van der Waals surface area contributed by atoms with Crippen LogP contribution in [0, 0.1) is 5.92 Å². The zero-order valence-electron chi connectivity index (χ0n) is 14.9. The van der Waals surface area contributed by atoms with E-state index in [1.165, 1.54) is 6.20 Å². The molecule has 26 heavy (non-hydrogen) atoms. The number of nitrogens with zero attached hydrogens (tertiary/aromatic N) is 2. The molecule has 2 heterocycles. The number of aliphatic hydroxyl groups excluding tert-OH is 1. The zero-order valence-corrected chi connectivity index (χ0v) is 14.9. The first kappa shape index (κ1) is 18.7. The normalized spacial score (nSPS) is 20.4. The van der Waals surface area contributed by atoms with Gasteiger partial charge in [-0.2, -0.15) is 0 Å². The number of piperidine rings is 1. The van der Waals surface area contributed by atoms with E-state index in [1.807, 2.05) is 12.2 Å². The molecule has 1 atom stereocenters. The van der Waals surface area contributed by atoms with E-state index in [2.05, 4.69) is 14.9 Å². The number of aromatic amines is 1. The number of H-pyrrole nitrogens is 1. The second kappa shape index (κ2) is 9.05. The molecule has 2 N–H and O–H groups in total. The molecule has 0 saturated carbocycles. The van der Waals surface area contributed by atoms with Crippen molar-refractivity contribution in [3.63, 3.8) is 0 Å². The Balaban J connectivity index is 1.45. The summed E-state index contributed by atoms with van der Waals surface area (Å²) in [4.78, 5) is 20.7. The molecule has 1 aromatic heterocycles. The van der Waals surface area contributed by atoms with Crippen molar-refractivity contribution in [1.82, 2.24) is 14.9 Å². The number of nitrogens with one attached hydrogen (secondary N) is 1. The van der Waals surface area contributed by atoms with Gasteiger partial charge in [0.2, 0.25) is 0 Å². The van der Waals surface area contributed by atoms with Crippen LogP contribution in [0.1, 0.15) is 37.8 Å². The van der Waals surface area contributed by atoms with Gasteiger partial charge in [-0.15, -0.1) is 0 Å². The second-order valence-electron chi connectivity index (χ2n) is 7.10. The summed E-state index contributed by atoms with van der Waals surface area (Å²) in [5.41, 5.74) is 1.02. The van der Waals surface area contributed by atoms with Crippen LogP contribution in [0.25, 0.3) is 0 Å². The summed E-state index contributed by atoms with van der Waals surface area (Å²) >= 11 is 0. The van der Waals surface area contributed by atoms with Crippen molar-refractivity contribution >= 4 is 0 Å². The van der Waals surface area contributed by atoms with Crippen molar-refractivity contribution in [2.24, 2.45) is 5.92 Å². The number of aromatic nitrogens is 2. The van der Waals surface area contributed by atoms with Crippen molar-refractivity contribution in [2.75, 3.05) is 13.1 Å². The van der Waals surface area contributed by atoms with Gasteiger partial charge < -0.3 is 10.1 Å². The van der Waals surface area contributed by atoms with Crippen LogP contribution >= 0.6 is 0 Å². The number of rotatable bonds is 6. The summed E-state index contributed by atoms with van der Waals surface area (Å²) in [5, 5.41) is 10.4. The average Bonchev–Trinajstić information content (AvgIpc) is 2.83. The molecule has 0 amide bonds. The minimum Gasteiger partial charge on any atom is -0.393 e. The van der Waals surface area contributed by atoms with Crippen LogP contribution in [-0.2, 0) is 6.54 Å². The highest BCUT2D eigenvalue weighted by Crippen LogP contribution is 2.27. The van der Waals surface area contributed by atoms with E-state index in [-0.39, 0.29) is 11.4 Å². The first-order valence-corrected chi connectivity index (χ1v) is 9.25. The number of likely N-dealkylation sites (tertiary alicyclic amines) is 1. The van der Waals surface area contributed by atoms with Gasteiger partial charge in [-0.1, -0.05) is 24.3 Å². The summed E-state index contributed by atoms with van der Waals surface area (Å²) < 4.78 is 14.0. The topological polar surface area (TPSA) is 69.2 Å². The van der Waals surface area contributed by atoms with Crippen LogP contribution < -0.4 is 5.56 Å². The van der Waals surface area contributed by atoms with Crippen LogP contribution in [0.2, 0.25) is 0 Å². The monoisotopic (exact) mass is 359 g/mol. The van der Waals surface area contributed by atoms with Gasteiger partial charge in [-0.25, -0.2) is 4.39 Å². The Labute approximate surface area is 153 Å². The minimum absolute atomic E-state index is 0.133. The number of allylic oxidation sites excluding steroid dienone is 5. The van der Waals surface area contributed by atoms with Gasteiger partial charge in [-0.3, -0.25) is 14.7 Å². The first-order valence-electron chi connectivity index (χ1n) is 9.25. The van der Waals surface area contributed by atoms with Crippen LogP contribution in [0.3, 0.4) is 0 Å². The molecule has 0 aromatic carbocycles. The van der Waals surface area contributed by atoms with Gasteiger partial charge in [-0.05, 0) is 43.8 Å². The molecule has 1 fully saturated rings. The third-order valence-electron chi connectivity index (χ3n) is 5.11. The van der Waals surface area contributed by atoms with E-state index < -0.39 is 6.10 Å². The van der Waals surface area contributed by atoms with Gasteiger partial charge in [0.1, 0.15) is 11.5 Å². The van der Waals surface area contributed by atoms with Gasteiger partial charge in [0.15, 0.2) is 0 Å². The number of hydrogen-bond donors (Lipinski definition) is 2. The molecule has 5 nitrogen and oxygen atoms in total. The molecule has 1 unspecified atom stereocenters. The summed E-state index contributed by atoms with van der Waals surface area (Å²) in [6.45, 7) is 2.32. The van der Waals surface area contributed by atoms with Crippen molar-refractivity contribution in [2.45, 2.75) is 44.8 Å². The maximum atomic E-state index is 14.0. The van der Waals surface area contributed by atoms with Crippen molar-refractivity contribution < 1.29 is 9.50 Å². The summed E-state index contributed by atoms with van der Waals surface area (Å²) in [6, 6.07) is 0. The van der Waals surface area contributed by atoms with Gasteiger partial charge in [0.25, 0.3) is 5.56 Å². The Kier molecular flexibility index (Phi) is 6.52. The molecule has 0 bridgehead atoms. The molecule has 1 saturated heterocycles. The summed E-state index contributed by atoms with van der Waals surface area (Å²) in [6.07, 6.45) is 13.1. The van der Waals surface area contributed by atoms with E-state index in [4.69, 9.17) is 0 Å². The van der Waals surface area contributed by atoms with Crippen molar-refractivity contribution in [3.8, 4) is 0 Å². The Hall–Kier alpha value is -2.05. The highest BCUT2D eigenvalue weighted by atomic mass is 19.1. The lowest BCUT2D eigenvalue weighted by Crippen LogP contribution is -2.36. The second-order valence-corrected chi connectivity index (χ2v) is 7.10. The van der Waals surface area contributed by atoms with E-state index >= 15 is 0 Å². The number of aliphatic hydroxyl groups is 1. The Bertz CT molecular complexity index is 745. The largest absolute Gasteiger partial charge is 0.393 e. The molecule has 1 aliphatic heterocycles. The molecular weight excluding hydrogens is 333 g/mol. The average molecular weight is 359 g/mol. The highest BCUT2D eigenvalue weighted by Gasteiger charge is 2.23. The standard InChI is InChI=1S/C20H26FN3O2/c21-18-5-3-1-2-4-16(18)13-17(25)12-15-6-10-24(11-7-15)14-19-20(26)23-9-8-22-19/h1-4,8-9,15,17,25H,5-7,10-14H2,(H,23,26). The van der Waals surface area contributed by atoms with Crippen molar-refractivity contribution in [1.29, 1.82) is 0 Å². The van der Waals surface area contributed by atoms with Crippen LogP contribution in [0.4, 0.5) is 4.39 Å². The molecule has 3 rings (SSSR count). The molecule has 6 heteroatoms. The lowest BCUT2D eigenvalue weighted by atomic mass is 9.89. The fraction of sp³-hybridized carbons (Fsp3) is 0.500. The first-order chi connectivity index (χ1) is 12.6. The molecule has 1 aliphatic carbocycles. The predicted octanol–water partition coefficient (Wildman–Crippen LogP) is 2.86. The maximum Gasteiger partial charge on any atom is 0.270 e. The fourth-order valence-corrected chi connectivity index (χ4v) is 3.63. The number of halogens is 1. The van der Waals surface area contributed by atoms with E-state index in [1.54, 1.807) is 18.3 Å². The zero-order chi connectivity index (χ0) is 18.4. The van der Waals surface area contributed by atoms with Crippen LogP contribution in [-0.4, -0.2) is 39.2 Å². The fourth-order valence-electron chi connectivity index (χ4n) is 3.63.